The van der Waals surface area contributed by atoms with E-state index < -0.39 is 6.10 Å². The maximum atomic E-state index is 12.0. The number of carbonyl (C=O) groups is 1. The second-order valence-electron chi connectivity index (χ2n) is 4.19. The van der Waals surface area contributed by atoms with Gasteiger partial charge in [-0.15, -0.1) is 11.6 Å². The van der Waals surface area contributed by atoms with E-state index in [0.717, 1.165) is 11.3 Å². The molecule has 1 atom stereocenters. The van der Waals surface area contributed by atoms with E-state index in [0.29, 0.717) is 6.54 Å². The van der Waals surface area contributed by atoms with Crippen LogP contribution in [0.15, 0.2) is 24.3 Å². The smallest absolute Gasteiger partial charge is 0.324 e. The van der Waals surface area contributed by atoms with Crippen molar-refractivity contribution in [1.29, 1.82) is 0 Å². The van der Waals surface area contributed by atoms with Crippen molar-refractivity contribution in [2.24, 2.45) is 0 Å². The molecule has 0 bridgehead atoms. The van der Waals surface area contributed by atoms with Gasteiger partial charge in [0.2, 0.25) is 0 Å². The minimum Gasteiger partial charge on any atom is -0.390 e. The van der Waals surface area contributed by atoms with E-state index in [1.165, 1.54) is 0 Å². The first-order chi connectivity index (χ1) is 8.13. The molecule has 5 heteroatoms. The monoisotopic (exact) mass is 254 g/mol. The van der Waals surface area contributed by atoms with E-state index in [4.69, 9.17) is 11.6 Å². The van der Waals surface area contributed by atoms with E-state index in [-0.39, 0.29) is 18.5 Å². The molecule has 0 fully saturated rings. The highest BCUT2D eigenvalue weighted by atomic mass is 35.5. The van der Waals surface area contributed by atoms with Crippen LogP contribution >= 0.6 is 11.6 Å². The van der Waals surface area contributed by atoms with E-state index >= 15 is 0 Å². The molecular formula is C12H15ClN2O2. The molecular weight excluding hydrogens is 240 g/mol. The third-order valence-electron chi connectivity index (χ3n) is 2.82. The van der Waals surface area contributed by atoms with Crippen molar-refractivity contribution in [1.82, 2.24) is 4.90 Å². The van der Waals surface area contributed by atoms with Crippen LogP contribution in [0.5, 0.6) is 0 Å². The Morgan fingerprint density at radius 2 is 2.18 bits per heavy atom. The van der Waals surface area contributed by atoms with Gasteiger partial charge in [-0.3, -0.25) is 4.90 Å². The van der Waals surface area contributed by atoms with Gasteiger partial charge in [0.15, 0.2) is 0 Å². The number of aliphatic hydroxyl groups excluding tert-OH is 1. The normalized spacial score (nSPS) is 17.0. The molecule has 0 radical (unpaired) electrons. The molecule has 2 amide bonds. The van der Waals surface area contributed by atoms with Crippen molar-refractivity contribution in [3.8, 4) is 0 Å². The van der Waals surface area contributed by atoms with Gasteiger partial charge in [-0.25, -0.2) is 4.79 Å². The summed E-state index contributed by atoms with van der Waals surface area (Å²) in [5.74, 6) is 0.121. The maximum Gasteiger partial charge on any atom is 0.324 e. The lowest BCUT2D eigenvalue weighted by Gasteiger charge is -2.35. The lowest BCUT2D eigenvalue weighted by molar-refractivity contribution is 0.186. The number of rotatable bonds is 3. The first-order valence-corrected chi connectivity index (χ1v) is 6.01. The molecule has 0 aromatic heterocycles. The summed E-state index contributed by atoms with van der Waals surface area (Å²) >= 11 is 5.58. The molecule has 0 aliphatic carbocycles. The first-order valence-electron chi connectivity index (χ1n) is 5.48. The van der Waals surface area contributed by atoms with Gasteiger partial charge in [-0.2, -0.15) is 0 Å². The molecule has 1 N–H and O–H groups in total. The molecule has 17 heavy (non-hydrogen) atoms. The fourth-order valence-electron chi connectivity index (χ4n) is 1.98. The first kappa shape index (κ1) is 12.2. The number of aliphatic hydroxyl groups is 1. The second-order valence-corrected chi connectivity index (χ2v) is 4.49. The number of hydrogen-bond donors (Lipinski definition) is 1. The van der Waals surface area contributed by atoms with Crippen molar-refractivity contribution < 1.29 is 9.90 Å². The Bertz CT molecular complexity index is 425. The zero-order chi connectivity index (χ0) is 12.4. The SMILES string of the molecule is CN1Cc2ccccc2N(CC(O)CCl)C1=O. The molecule has 1 aromatic rings. The van der Waals surface area contributed by atoms with Gasteiger partial charge in [0.25, 0.3) is 0 Å². The molecule has 4 nitrogen and oxygen atoms in total. The Labute approximate surface area is 105 Å². The molecule has 0 saturated carbocycles. The van der Waals surface area contributed by atoms with Crippen LogP contribution in [0, 0.1) is 0 Å². The van der Waals surface area contributed by atoms with Crippen molar-refractivity contribution in [2.75, 3.05) is 24.4 Å². The summed E-state index contributed by atoms with van der Waals surface area (Å²) in [6.45, 7) is 0.826. The molecule has 1 aliphatic rings. The predicted octanol–water partition coefficient (Wildman–Crippen LogP) is 1.66. The number of para-hydroxylation sites is 1. The number of anilines is 1. The molecule has 92 valence electrons. The lowest BCUT2D eigenvalue weighted by atomic mass is 10.1. The molecule has 1 aliphatic heterocycles. The zero-order valence-electron chi connectivity index (χ0n) is 9.64. The molecule has 2 rings (SSSR count). The van der Waals surface area contributed by atoms with E-state index in [9.17, 15) is 9.90 Å². The average molecular weight is 255 g/mol. The number of benzene rings is 1. The number of fused-ring (bicyclic) bond motifs is 1. The standard InChI is InChI=1S/C12H15ClN2O2/c1-14-7-9-4-2-3-5-11(9)15(12(14)17)8-10(16)6-13/h2-5,10,16H,6-8H2,1H3. The number of hydrogen-bond acceptors (Lipinski definition) is 2. The van der Waals surface area contributed by atoms with E-state index in [1.807, 2.05) is 24.3 Å². The number of urea groups is 1. The molecule has 1 aromatic carbocycles. The number of amides is 2. The largest absolute Gasteiger partial charge is 0.390 e. The Morgan fingerprint density at radius 1 is 1.47 bits per heavy atom. The third-order valence-corrected chi connectivity index (χ3v) is 3.18. The van der Waals surface area contributed by atoms with Crippen molar-refractivity contribution in [2.45, 2.75) is 12.6 Å². The van der Waals surface area contributed by atoms with Crippen LogP contribution in [-0.2, 0) is 6.54 Å². The highest BCUT2D eigenvalue weighted by Crippen LogP contribution is 2.27. The number of β-amino-alcohol motifs (C(OH)–C–C–N with tert-alkyl or cyclic N) is 1. The van der Waals surface area contributed by atoms with Gasteiger partial charge in [0, 0.05) is 13.6 Å². The van der Waals surface area contributed by atoms with Crippen LogP contribution in [0.25, 0.3) is 0 Å². The Kier molecular flexibility index (Phi) is 3.54. The molecule has 1 heterocycles. The van der Waals surface area contributed by atoms with Crippen LogP contribution in [0.1, 0.15) is 5.56 Å². The van der Waals surface area contributed by atoms with Crippen molar-refractivity contribution in [3.63, 3.8) is 0 Å². The van der Waals surface area contributed by atoms with Crippen molar-refractivity contribution >= 4 is 23.3 Å². The lowest BCUT2D eigenvalue weighted by Crippen LogP contribution is -2.48. The zero-order valence-corrected chi connectivity index (χ0v) is 10.4. The Hall–Kier alpha value is -1.26. The van der Waals surface area contributed by atoms with E-state index in [2.05, 4.69) is 0 Å². The van der Waals surface area contributed by atoms with E-state index in [1.54, 1.807) is 16.8 Å². The summed E-state index contributed by atoms with van der Waals surface area (Å²) in [4.78, 5) is 15.2. The van der Waals surface area contributed by atoms with Gasteiger partial charge >= 0.3 is 6.03 Å². The number of halogens is 1. The van der Waals surface area contributed by atoms with Crippen LogP contribution < -0.4 is 4.90 Å². The van der Waals surface area contributed by atoms with Gasteiger partial charge in [0.1, 0.15) is 0 Å². The van der Waals surface area contributed by atoms with Crippen molar-refractivity contribution in [3.05, 3.63) is 29.8 Å². The minimum atomic E-state index is -0.708. The topological polar surface area (TPSA) is 43.8 Å². The number of nitrogens with zero attached hydrogens (tertiary/aromatic N) is 2. The van der Waals surface area contributed by atoms with Gasteiger partial charge in [0.05, 0.1) is 24.2 Å². The van der Waals surface area contributed by atoms with Gasteiger partial charge in [-0.1, -0.05) is 18.2 Å². The highest BCUT2D eigenvalue weighted by molar-refractivity contribution is 6.18. The van der Waals surface area contributed by atoms with Crippen LogP contribution in [0.4, 0.5) is 10.5 Å². The summed E-state index contributed by atoms with van der Waals surface area (Å²) in [7, 11) is 1.75. The quantitative estimate of drug-likeness (QED) is 0.834. The number of carbonyl (C=O) groups excluding carboxylic acids is 1. The summed E-state index contributed by atoms with van der Waals surface area (Å²) in [5, 5.41) is 9.60. The second kappa shape index (κ2) is 4.94. The van der Waals surface area contributed by atoms with Gasteiger partial charge < -0.3 is 10.0 Å². The molecule has 1 unspecified atom stereocenters. The van der Waals surface area contributed by atoms with Crippen LogP contribution in [-0.4, -0.2) is 41.6 Å². The number of alkyl halides is 1. The average Bonchev–Trinajstić information content (AvgIpc) is 2.34. The highest BCUT2D eigenvalue weighted by Gasteiger charge is 2.28. The van der Waals surface area contributed by atoms with Crippen LogP contribution in [0.3, 0.4) is 0 Å². The third kappa shape index (κ3) is 2.37. The summed E-state index contributed by atoms with van der Waals surface area (Å²) < 4.78 is 0. The molecule has 0 spiro atoms. The van der Waals surface area contributed by atoms with Gasteiger partial charge in [-0.05, 0) is 11.6 Å². The minimum absolute atomic E-state index is 0.104. The molecule has 0 saturated heterocycles. The summed E-state index contributed by atoms with van der Waals surface area (Å²) in [5.41, 5.74) is 1.94. The maximum absolute atomic E-state index is 12.0. The Morgan fingerprint density at radius 3 is 2.88 bits per heavy atom. The Balaban J connectivity index is 2.32. The predicted molar refractivity (Wildman–Crippen MR) is 67.4 cm³/mol. The summed E-state index contributed by atoms with van der Waals surface area (Å²) in [6.07, 6.45) is -0.708. The summed E-state index contributed by atoms with van der Waals surface area (Å²) in [6, 6.07) is 7.60. The fraction of sp³-hybridized carbons (Fsp3) is 0.417. The fourth-order valence-corrected chi connectivity index (χ4v) is 2.07. The van der Waals surface area contributed by atoms with Crippen LogP contribution in [0.2, 0.25) is 0 Å².